The lowest BCUT2D eigenvalue weighted by molar-refractivity contribution is -0.324. The van der Waals surface area contributed by atoms with Gasteiger partial charge in [0.1, 0.15) is 18.1 Å². The quantitative estimate of drug-likeness (QED) is 0.251. The van der Waals surface area contributed by atoms with Gasteiger partial charge in [-0.25, -0.2) is 0 Å². The topological polar surface area (TPSA) is 71.1 Å². The van der Waals surface area contributed by atoms with E-state index in [0.717, 1.165) is 32.1 Å². The van der Waals surface area contributed by atoms with E-state index in [9.17, 15) is 9.59 Å². The van der Waals surface area contributed by atoms with Gasteiger partial charge in [0.25, 0.3) is 0 Å². The summed E-state index contributed by atoms with van der Waals surface area (Å²) in [5.74, 6) is -0.554. The van der Waals surface area contributed by atoms with E-state index in [1.807, 2.05) is 13.8 Å². The Hall–Kier alpha value is -1.14. The summed E-state index contributed by atoms with van der Waals surface area (Å²) < 4.78 is 24.5. The molecule has 0 bridgehead atoms. The van der Waals surface area contributed by atoms with E-state index < -0.39 is 17.6 Å². The molecule has 0 radical (unpaired) electrons. The standard InChI is InChI=1S/C30H52O6/c1-9-33-30(34-10-2)17-24(28(31)35-25-15-20(7)11-13-22(25)18(3)4)27(30)29(32)36-26-16-21(8)12-14-23(26)19(5)6/h18-27H,9-17H2,1-8H3/t20-,21-,22?,23?,24+,25?,26?,27+/m1/s1. The van der Waals surface area contributed by atoms with Crippen molar-refractivity contribution in [3.8, 4) is 0 Å². The lowest BCUT2D eigenvalue weighted by Crippen LogP contribution is -2.64. The van der Waals surface area contributed by atoms with E-state index in [2.05, 4.69) is 41.5 Å². The van der Waals surface area contributed by atoms with Crippen molar-refractivity contribution in [1.82, 2.24) is 0 Å². The average molecular weight is 509 g/mol. The number of esters is 2. The molecule has 0 aliphatic heterocycles. The molecule has 0 N–H and O–H groups in total. The highest BCUT2D eigenvalue weighted by molar-refractivity contribution is 5.85. The van der Waals surface area contributed by atoms with Crippen LogP contribution in [0.25, 0.3) is 0 Å². The van der Waals surface area contributed by atoms with Crippen molar-refractivity contribution >= 4 is 11.9 Å². The van der Waals surface area contributed by atoms with Crippen LogP contribution >= 0.6 is 0 Å². The van der Waals surface area contributed by atoms with Crippen LogP contribution in [0.2, 0.25) is 0 Å². The Morgan fingerprint density at radius 2 is 1.19 bits per heavy atom. The summed E-state index contributed by atoms with van der Waals surface area (Å²) in [6, 6.07) is 0. The largest absolute Gasteiger partial charge is 0.462 e. The maximum atomic E-state index is 13.8. The van der Waals surface area contributed by atoms with Gasteiger partial charge in [0, 0.05) is 19.6 Å². The van der Waals surface area contributed by atoms with Gasteiger partial charge in [0.2, 0.25) is 0 Å². The molecule has 0 aromatic carbocycles. The molecular formula is C30H52O6. The van der Waals surface area contributed by atoms with Crippen LogP contribution in [0.1, 0.15) is 100 Å². The maximum absolute atomic E-state index is 13.8. The summed E-state index contributed by atoms with van der Waals surface area (Å²) in [7, 11) is 0. The molecule has 4 unspecified atom stereocenters. The van der Waals surface area contributed by atoms with Crippen LogP contribution in [0.4, 0.5) is 0 Å². The fraction of sp³-hybridized carbons (Fsp3) is 0.933. The Morgan fingerprint density at radius 1 is 0.750 bits per heavy atom. The van der Waals surface area contributed by atoms with Gasteiger partial charge in [-0.05, 0) is 75.0 Å². The first-order valence-corrected chi connectivity index (χ1v) is 14.7. The van der Waals surface area contributed by atoms with Gasteiger partial charge in [0.05, 0.1) is 5.92 Å². The van der Waals surface area contributed by atoms with E-state index in [4.69, 9.17) is 18.9 Å². The molecule has 3 aliphatic carbocycles. The van der Waals surface area contributed by atoms with Crippen LogP contribution in [0, 0.1) is 47.3 Å². The second-order valence-electron chi connectivity index (χ2n) is 12.6. The van der Waals surface area contributed by atoms with Crippen LogP contribution < -0.4 is 0 Å². The molecule has 0 saturated heterocycles. The van der Waals surface area contributed by atoms with Gasteiger partial charge in [-0.15, -0.1) is 0 Å². The van der Waals surface area contributed by atoms with Gasteiger partial charge < -0.3 is 18.9 Å². The van der Waals surface area contributed by atoms with Crippen molar-refractivity contribution in [3.05, 3.63) is 0 Å². The maximum Gasteiger partial charge on any atom is 0.315 e. The molecule has 0 spiro atoms. The average Bonchev–Trinajstić information content (AvgIpc) is 2.77. The third-order valence-corrected chi connectivity index (χ3v) is 9.17. The van der Waals surface area contributed by atoms with Crippen molar-refractivity contribution in [2.24, 2.45) is 47.3 Å². The molecule has 36 heavy (non-hydrogen) atoms. The minimum absolute atomic E-state index is 0.100. The summed E-state index contributed by atoms with van der Waals surface area (Å²) in [6.45, 7) is 17.8. The Kier molecular flexibility index (Phi) is 10.3. The number of hydrogen-bond acceptors (Lipinski definition) is 6. The molecule has 0 aromatic heterocycles. The minimum Gasteiger partial charge on any atom is -0.462 e. The number of hydrogen-bond donors (Lipinski definition) is 0. The molecular weight excluding hydrogens is 456 g/mol. The number of carbonyl (C=O) groups is 2. The fourth-order valence-corrected chi connectivity index (χ4v) is 7.05. The van der Waals surface area contributed by atoms with Gasteiger partial charge in [-0.2, -0.15) is 0 Å². The zero-order chi connectivity index (χ0) is 26.6. The molecule has 3 fully saturated rings. The van der Waals surface area contributed by atoms with Crippen molar-refractivity contribution in [2.45, 2.75) is 118 Å². The number of carbonyl (C=O) groups excluding carboxylic acids is 2. The van der Waals surface area contributed by atoms with Gasteiger partial charge in [-0.3, -0.25) is 9.59 Å². The monoisotopic (exact) mass is 508 g/mol. The van der Waals surface area contributed by atoms with Crippen LogP contribution in [-0.2, 0) is 28.5 Å². The molecule has 6 heteroatoms. The second kappa shape index (κ2) is 12.6. The van der Waals surface area contributed by atoms with E-state index in [1.165, 1.54) is 6.42 Å². The summed E-state index contributed by atoms with van der Waals surface area (Å²) >= 11 is 0. The highest BCUT2D eigenvalue weighted by atomic mass is 16.7. The third kappa shape index (κ3) is 6.46. The van der Waals surface area contributed by atoms with Crippen LogP contribution in [0.15, 0.2) is 0 Å². The summed E-state index contributed by atoms with van der Waals surface area (Å²) in [5.41, 5.74) is 0. The smallest absolute Gasteiger partial charge is 0.315 e. The predicted octanol–water partition coefficient (Wildman–Crippen LogP) is 6.40. The molecule has 208 valence electrons. The van der Waals surface area contributed by atoms with E-state index in [0.29, 0.717) is 55.1 Å². The van der Waals surface area contributed by atoms with Crippen LogP contribution in [0.5, 0.6) is 0 Å². The SMILES string of the molecule is CCOC1(OCC)C[C@H](C(=O)OC2C[C@H](C)CCC2C(C)C)[C@H]1C(=O)OC1C[C@H](C)CCC1C(C)C. The van der Waals surface area contributed by atoms with E-state index in [-0.39, 0.29) is 24.1 Å². The molecule has 3 aliphatic rings. The molecule has 0 aromatic rings. The first-order valence-electron chi connectivity index (χ1n) is 14.7. The lowest BCUT2D eigenvalue weighted by atomic mass is 9.67. The second-order valence-corrected chi connectivity index (χ2v) is 12.6. The molecule has 6 nitrogen and oxygen atoms in total. The third-order valence-electron chi connectivity index (χ3n) is 9.17. The Morgan fingerprint density at radius 3 is 1.61 bits per heavy atom. The lowest BCUT2D eigenvalue weighted by Gasteiger charge is -2.51. The van der Waals surface area contributed by atoms with E-state index in [1.54, 1.807) is 0 Å². The molecule has 3 rings (SSSR count). The highest BCUT2D eigenvalue weighted by Gasteiger charge is 2.64. The molecule has 0 heterocycles. The van der Waals surface area contributed by atoms with Crippen molar-refractivity contribution in [2.75, 3.05) is 13.2 Å². The van der Waals surface area contributed by atoms with Crippen LogP contribution in [-0.4, -0.2) is 43.1 Å². The highest BCUT2D eigenvalue weighted by Crippen LogP contribution is 2.50. The number of ether oxygens (including phenoxy) is 4. The summed E-state index contributed by atoms with van der Waals surface area (Å²) in [5, 5.41) is 0. The Balaban J connectivity index is 1.79. The first-order chi connectivity index (χ1) is 17.0. The molecule has 8 atom stereocenters. The summed E-state index contributed by atoms with van der Waals surface area (Å²) in [6.07, 6.45) is 6.31. The van der Waals surface area contributed by atoms with Crippen molar-refractivity contribution in [3.63, 3.8) is 0 Å². The Labute approximate surface area is 219 Å². The van der Waals surface area contributed by atoms with Gasteiger partial charge >= 0.3 is 11.9 Å². The van der Waals surface area contributed by atoms with Gasteiger partial charge in [0.15, 0.2) is 5.79 Å². The zero-order valence-electron chi connectivity index (χ0n) is 24.1. The molecule has 3 saturated carbocycles. The van der Waals surface area contributed by atoms with Gasteiger partial charge in [-0.1, -0.05) is 54.4 Å². The number of rotatable bonds is 10. The fourth-order valence-electron chi connectivity index (χ4n) is 7.05. The minimum atomic E-state index is -1.12. The first kappa shape index (κ1) is 29.4. The normalized spacial score (nSPS) is 36.4. The molecule has 0 amide bonds. The summed E-state index contributed by atoms with van der Waals surface area (Å²) in [4.78, 5) is 27.3. The zero-order valence-corrected chi connectivity index (χ0v) is 24.1. The predicted molar refractivity (Wildman–Crippen MR) is 140 cm³/mol. The van der Waals surface area contributed by atoms with E-state index >= 15 is 0 Å². The van der Waals surface area contributed by atoms with Crippen molar-refractivity contribution < 1.29 is 28.5 Å². The Bertz CT molecular complexity index is 727. The van der Waals surface area contributed by atoms with Crippen molar-refractivity contribution in [1.29, 1.82) is 0 Å². The van der Waals surface area contributed by atoms with Crippen LogP contribution in [0.3, 0.4) is 0 Å².